The molecule has 2 unspecified atom stereocenters. The minimum atomic E-state index is 0.264. The molecule has 1 heterocycles. The van der Waals surface area contributed by atoms with E-state index in [1.807, 2.05) is 7.05 Å². The minimum Gasteiger partial charge on any atom is -0.473 e. The Hall–Kier alpha value is -0.840. The number of halogens is 1. The summed E-state index contributed by atoms with van der Waals surface area (Å²) < 4.78 is 6.84. The second kappa shape index (κ2) is 5.87. The van der Waals surface area contributed by atoms with Gasteiger partial charge < -0.3 is 10.1 Å². The predicted molar refractivity (Wildman–Crippen MR) is 75.9 cm³/mol. The molecular formula is C13H20BrN3O. The lowest BCUT2D eigenvalue weighted by Gasteiger charge is -2.31. The van der Waals surface area contributed by atoms with Crippen LogP contribution in [0.25, 0.3) is 0 Å². The lowest BCUT2D eigenvalue weighted by atomic mass is 9.82. The average molecular weight is 314 g/mol. The van der Waals surface area contributed by atoms with E-state index in [4.69, 9.17) is 4.74 Å². The summed E-state index contributed by atoms with van der Waals surface area (Å²) in [4.78, 5) is 8.34. The standard InChI is InChI=1S/C13H20BrN3O/c1-8-4-9(2)6-10(5-8)18-13-11(14)12(15-3)16-7-17-13/h7-10H,4-6H2,1-3H3,(H,15,16,17). The molecule has 1 aliphatic carbocycles. The lowest BCUT2D eigenvalue weighted by Crippen LogP contribution is -2.29. The predicted octanol–water partition coefficient (Wildman–Crippen LogP) is 3.48. The number of rotatable bonds is 3. The molecule has 0 aromatic carbocycles. The molecule has 1 aromatic rings. The van der Waals surface area contributed by atoms with Crippen molar-refractivity contribution in [3.8, 4) is 5.88 Å². The Bertz CT molecular complexity index is 403. The van der Waals surface area contributed by atoms with Crippen LogP contribution in [0.15, 0.2) is 10.8 Å². The van der Waals surface area contributed by atoms with Crippen molar-refractivity contribution in [1.29, 1.82) is 0 Å². The van der Waals surface area contributed by atoms with Crippen LogP contribution in [0.4, 0.5) is 5.82 Å². The summed E-state index contributed by atoms with van der Waals surface area (Å²) in [6.07, 6.45) is 5.30. The van der Waals surface area contributed by atoms with Gasteiger partial charge in [-0.15, -0.1) is 0 Å². The summed E-state index contributed by atoms with van der Waals surface area (Å²) in [5.41, 5.74) is 0. The first kappa shape index (κ1) is 13.6. The van der Waals surface area contributed by atoms with E-state index in [-0.39, 0.29) is 6.10 Å². The highest BCUT2D eigenvalue weighted by Gasteiger charge is 2.26. The third-order valence-corrected chi connectivity index (χ3v) is 4.12. The van der Waals surface area contributed by atoms with Gasteiger partial charge in [-0.05, 0) is 47.0 Å². The van der Waals surface area contributed by atoms with Gasteiger partial charge in [-0.2, -0.15) is 0 Å². The second-order valence-corrected chi connectivity index (χ2v) is 6.04. The number of nitrogens with one attached hydrogen (secondary N) is 1. The molecule has 2 atom stereocenters. The minimum absolute atomic E-state index is 0.264. The molecule has 0 spiro atoms. The van der Waals surface area contributed by atoms with Gasteiger partial charge in [-0.1, -0.05) is 13.8 Å². The summed E-state index contributed by atoms with van der Waals surface area (Å²) in [6, 6.07) is 0. The summed E-state index contributed by atoms with van der Waals surface area (Å²) >= 11 is 3.49. The van der Waals surface area contributed by atoms with E-state index >= 15 is 0 Å². The highest BCUT2D eigenvalue weighted by Crippen LogP contribution is 2.34. The number of ether oxygens (including phenoxy) is 1. The Balaban J connectivity index is 2.09. The maximum Gasteiger partial charge on any atom is 0.233 e. The van der Waals surface area contributed by atoms with Crippen molar-refractivity contribution in [3.63, 3.8) is 0 Å². The molecular weight excluding hydrogens is 294 g/mol. The summed E-state index contributed by atoms with van der Waals surface area (Å²) in [7, 11) is 1.83. The van der Waals surface area contributed by atoms with Crippen molar-refractivity contribution >= 4 is 21.7 Å². The average Bonchev–Trinajstić information content (AvgIpc) is 2.30. The normalized spacial score (nSPS) is 27.9. The van der Waals surface area contributed by atoms with Crippen LogP contribution < -0.4 is 10.1 Å². The Morgan fingerprint density at radius 1 is 1.22 bits per heavy atom. The molecule has 100 valence electrons. The quantitative estimate of drug-likeness (QED) is 0.928. The van der Waals surface area contributed by atoms with Crippen LogP contribution in [0, 0.1) is 11.8 Å². The smallest absolute Gasteiger partial charge is 0.233 e. The van der Waals surface area contributed by atoms with Gasteiger partial charge in [0.15, 0.2) is 0 Å². The van der Waals surface area contributed by atoms with E-state index in [2.05, 4.69) is 45.1 Å². The number of nitrogens with zero attached hydrogens (tertiary/aromatic N) is 2. The van der Waals surface area contributed by atoms with Crippen molar-refractivity contribution in [1.82, 2.24) is 9.97 Å². The molecule has 0 aliphatic heterocycles. The third-order valence-electron chi connectivity index (χ3n) is 3.41. The van der Waals surface area contributed by atoms with Gasteiger partial charge in [0.25, 0.3) is 0 Å². The Morgan fingerprint density at radius 2 is 1.89 bits per heavy atom. The molecule has 5 heteroatoms. The van der Waals surface area contributed by atoms with Crippen LogP contribution in [0.2, 0.25) is 0 Å². The van der Waals surface area contributed by atoms with Crippen LogP contribution in [0.3, 0.4) is 0 Å². The maximum atomic E-state index is 6.03. The maximum absolute atomic E-state index is 6.03. The fourth-order valence-electron chi connectivity index (χ4n) is 2.74. The highest BCUT2D eigenvalue weighted by atomic mass is 79.9. The van der Waals surface area contributed by atoms with E-state index < -0.39 is 0 Å². The SMILES string of the molecule is CNc1ncnc(OC2CC(C)CC(C)C2)c1Br. The number of aromatic nitrogens is 2. The zero-order valence-electron chi connectivity index (χ0n) is 11.1. The van der Waals surface area contributed by atoms with Crippen LogP contribution in [-0.2, 0) is 0 Å². The van der Waals surface area contributed by atoms with E-state index in [1.54, 1.807) is 0 Å². The number of hydrogen-bond donors (Lipinski definition) is 1. The Kier molecular flexibility index (Phi) is 4.43. The molecule has 1 aromatic heterocycles. The Labute approximate surface area is 117 Å². The first-order valence-corrected chi connectivity index (χ1v) is 7.24. The van der Waals surface area contributed by atoms with Crippen molar-refractivity contribution in [2.75, 3.05) is 12.4 Å². The van der Waals surface area contributed by atoms with Crippen LogP contribution >= 0.6 is 15.9 Å². The number of hydrogen-bond acceptors (Lipinski definition) is 4. The van der Waals surface area contributed by atoms with E-state index in [0.29, 0.717) is 5.88 Å². The molecule has 0 saturated heterocycles. The molecule has 1 aliphatic rings. The first-order chi connectivity index (χ1) is 8.60. The van der Waals surface area contributed by atoms with E-state index in [0.717, 1.165) is 35.0 Å². The fraction of sp³-hybridized carbons (Fsp3) is 0.692. The van der Waals surface area contributed by atoms with Gasteiger partial charge in [0.2, 0.25) is 5.88 Å². The van der Waals surface area contributed by atoms with Gasteiger partial charge in [0.1, 0.15) is 22.7 Å². The molecule has 4 nitrogen and oxygen atoms in total. The zero-order chi connectivity index (χ0) is 13.1. The lowest BCUT2D eigenvalue weighted by molar-refractivity contribution is 0.0958. The van der Waals surface area contributed by atoms with Crippen LogP contribution in [0.1, 0.15) is 33.1 Å². The number of anilines is 1. The monoisotopic (exact) mass is 313 g/mol. The van der Waals surface area contributed by atoms with Gasteiger partial charge in [0, 0.05) is 7.05 Å². The van der Waals surface area contributed by atoms with E-state index in [1.165, 1.54) is 12.7 Å². The Morgan fingerprint density at radius 3 is 2.50 bits per heavy atom. The van der Waals surface area contributed by atoms with Gasteiger partial charge in [-0.25, -0.2) is 9.97 Å². The summed E-state index contributed by atoms with van der Waals surface area (Å²) in [5.74, 6) is 2.85. The molecule has 1 saturated carbocycles. The molecule has 1 N–H and O–H groups in total. The summed E-state index contributed by atoms with van der Waals surface area (Å²) in [5, 5.41) is 3.01. The van der Waals surface area contributed by atoms with Crippen molar-refractivity contribution in [2.24, 2.45) is 11.8 Å². The molecule has 2 rings (SSSR count). The third kappa shape index (κ3) is 3.13. The van der Waals surface area contributed by atoms with Crippen LogP contribution in [-0.4, -0.2) is 23.1 Å². The molecule has 18 heavy (non-hydrogen) atoms. The van der Waals surface area contributed by atoms with Crippen molar-refractivity contribution in [2.45, 2.75) is 39.2 Å². The molecule has 0 bridgehead atoms. The summed E-state index contributed by atoms with van der Waals surface area (Å²) in [6.45, 7) is 4.58. The van der Waals surface area contributed by atoms with Crippen molar-refractivity contribution in [3.05, 3.63) is 10.8 Å². The molecule has 1 fully saturated rings. The van der Waals surface area contributed by atoms with Gasteiger partial charge in [-0.3, -0.25) is 0 Å². The zero-order valence-corrected chi connectivity index (χ0v) is 12.7. The van der Waals surface area contributed by atoms with Crippen molar-refractivity contribution < 1.29 is 4.74 Å². The van der Waals surface area contributed by atoms with E-state index in [9.17, 15) is 0 Å². The van der Waals surface area contributed by atoms with Gasteiger partial charge >= 0.3 is 0 Å². The molecule has 0 radical (unpaired) electrons. The van der Waals surface area contributed by atoms with Crippen LogP contribution in [0.5, 0.6) is 5.88 Å². The highest BCUT2D eigenvalue weighted by molar-refractivity contribution is 9.10. The fourth-order valence-corrected chi connectivity index (χ4v) is 3.23. The second-order valence-electron chi connectivity index (χ2n) is 5.25. The van der Waals surface area contributed by atoms with Gasteiger partial charge in [0.05, 0.1) is 0 Å². The topological polar surface area (TPSA) is 47.0 Å². The first-order valence-electron chi connectivity index (χ1n) is 6.45. The largest absolute Gasteiger partial charge is 0.473 e. The molecule has 0 amide bonds.